The standard InChI is InChI=1S/C11H19N3O3/c1-8-10(13-7-14-11(8)17-3)12-5-4-9(15)6-16-2/h7,9,15H,4-6H2,1-3H3,(H,12,13,14). The van der Waals surface area contributed by atoms with Crippen molar-refractivity contribution >= 4 is 5.82 Å². The van der Waals surface area contributed by atoms with Crippen molar-refractivity contribution in [3.63, 3.8) is 0 Å². The SMILES string of the molecule is COCC(O)CCNc1ncnc(OC)c1C. The molecule has 0 aliphatic carbocycles. The van der Waals surface area contributed by atoms with E-state index >= 15 is 0 Å². The van der Waals surface area contributed by atoms with Crippen molar-refractivity contribution in [3.8, 4) is 5.88 Å². The molecule has 1 unspecified atom stereocenters. The Bertz CT molecular complexity index is 347. The first kappa shape index (κ1) is 13.7. The summed E-state index contributed by atoms with van der Waals surface area (Å²) in [6.07, 6.45) is 1.58. The molecule has 96 valence electrons. The van der Waals surface area contributed by atoms with E-state index < -0.39 is 6.10 Å². The Hall–Kier alpha value is -1.40. The quantitative estimate of drug-likeness (QED) is 0.728. The van der Waals surface area contributed by atoms with Crippen molar-refractivity contribution < 1.29 is 14.6 Å². The van der Waals surface area contributed by atoms with Gasteiger partial charge < -0.3 is 19.9 Å². The molecule has 0 aromatic carbocycles. The van der Waals surface area contributed by atoms with Crippen molar-refractivity contribution in [2.45, 2.75) is 19.4 Å². The van der Waals surface area contributed by atoms with Crippen LogP contribution in [0.5, 0.6) is 5.88 Å². The minimum Gasteiger partial charge on any atom is -0.481 e. The van der Waals surface area contributed by atoms with Gasteiger partial charge in [0.15, 0.2) is 0 Å². The second-order valence-corrected chi connectivity index (χ2v) is 3.68. The Balaban J connectivity index is 2.46. The van der Waals surface area contributed by atoms with Crippen LogP contribution in [-0.4, -0.2) is 48.5 Å². The fourth-order valence-corrected chi connectivity index (χ4v) is 1.45. The molecule has 0 saturated heterocycles. The molecule has 0 aliphatic heterocycles. The van der Waals surface area contributed by atoms with Gasteiger partial charge in [0, 0.05) is 13.7 Å². The molecule has 1 atom stereocenters. The van der Waals surface area contributed by atoms with Gasteiger partial charge in [-0.3, -0.25) is 0 Å². The fraction of sp³-hybridized carbons (Fsp3) is 0.636. The van der Waals surface area contributed by atoms with Crippen molar-refractivity contribution in [1.29, 1.82) is 0 Å². The van der Waals surface area contributed by atoms with Crippen LogP contribution >= 0.6 is 0 Å². The summed E-state index contributed by atoms with van der Waals surface area (Å²) in [5.74, 6) is 1.28. The molecule has 0 radical (unpaired) electrons. The van der Waals surface area contributed by atoms with Gasteiger partial charge in [0.05, 0.1) is 25.4 Å². The minimum absolute atomic E-state index is 0.341. The Morgan fingerprint density at radius 2 is 2.18 bits per heavy atom. The number of aliphatic hydroxyl groups excluding tert-OH is 1. The van der Waals surface area contributed by atoms with Gasteiger partial charge in [-0.1, -0.05) is 0 Å². The Labute approximate surface area is 101 Å². The fourth-order valence-electron chi connectivity index (χ4n) is 1.45. The van der Waals surface area contributed by atoms with E-state index in [9.17, 15) is 5.11 Å². The third-order valence-corrected chi connectivity index (χ3v) is 2.36. The van der Waals surface area contributed by atoms with E-state index in [0.717, 1.165) is 11.4 Å². The Kier molecular flexibility index (Phi) is 5.65. The molecule has 1 rings (SSSR count). The molecule has 0 saturated carbocycles. The van der Waals surface area contributed by atoms with Crippen LogP contribution in [0.3, 0.4) is 0 Å². The highest BCUT2D eigenvalue weighted by atomic mass is 16.5. The summed E-state index contributed by atoms with van der Waals surface area (Å²) in [5, 5.41) is 12.6. The summed E-state index contributed by atoms with van der Waals surface area (Å²) in [5.41, 5.74) is 0.858. The summed E-state index contributed by atoms with van der Waals surface area (Å²) >= 11 is 0. The largest absolute Gasteiger partial charge is 0.481 e. The Morgan fingerprint density at radius 3 is 2.82 bits per heavy atom. The zero-order chi connectivity index (χ0) is 12.7. The third kappa shape index (κ3) is 4.16. The molecule has 0 spiro atoms. The molecule has 0 aliphatic rings. The smallest absolute Gasteiger partial charge is 0.221 e. The van der Waals surface area contributed by atoms with E-state index in [1.807, 2.05) is 6.92 Å². The summed E-state index contributed by atoms with van der Waals surface area (Å²) in [4.78, 5) is 8.10. The van der Waals surface area contributed by atoms with Crippen LogP contribution in [0, 0.1) is 6.92 Å². The molecule has 0 fully saturated rings. The van der Waals surface area contributed by atoms with Gasteiger partial charge in [-0.05, 0) is 13.3 Å². The molecule has 0 amide bonds. The van der Waals surface area contributed by atoms with E-state index in [1.54, 1.807) is 14.2 Å². The molecular weight excluding hydrogens is 222 g/mol. The summed E-state index contributed by atoms with van der Waals surface area (Å²) < 4.78 is 9.93. The molecule has 6 nitrogen and oxygen atoms in total. The first-order valence-electron chi connectivity index (χ1n) is 5.45. The number of hydrogen-bond donors (Lipinski definition) is 2. The van der Waals surface area contributed by atoms with Gasteiger partial charge in [0.25, 0.3) is 0 Å². The number of hydrogen-bond acceptors (Lipinski definition) is 6. The zero-order valence-corrected chi connectivity index (χ0v) is 10.4. The Morgan fingerprint density at radius 1 is 1.41 bits per heavy atom. The normalized spacial score (nSPS) is 12.2. The van der Waals surface area contributed by atoms with Crippen molar-refractivity contribution in [1.82, 2.24) is 9.97 Å². The van der Waals surface area contributed by atoms with Gasteiger partial charge in [-0.15, -0.1) is 0 Å². The number of nitrogens with one attached hydrogen (secondary N) is 1. The lowest BCUT2D eigenvalue weighted by Gasteiger charge is -2.12. The maximum atomic E-state index is 9.47. The average Bonchev–Trinajstić information content (AvgIpc) is 2.32. The van der Waals surface area contributed by atoms with E-state index in [4.69, 9.17) is 9.47 Å². The van der Waals surface area contributed by atoms with Crippen LogP contribution < -0.4 is 10.1 Å². The number of anilines is 1. The van der Waals surface area contributed by atoms with Gasteiger partial charge in [-0.2, -0.15) is 0 Å². The van der Waals surface area contributed by atoms with Crippen LogP contribution in [0.1, 0.15) is 12.0 Å². The van der Waals surface area contributed by atoms with E-state index in [2.05, 4.69) is 15.3 Å². The average molecular weight is 241 g/mol. The van der Waals surface area contributed by atoms with Crippen LogP contribution in [0.15, 0.2) is 6.33 Å². The maximum absolute atomic E-state index is 9.47. The number of aromatic nitrogens is 2. The van der Waals surface area contributed by atoms with Crippen molar-refractivity contribution in [2.75, 3.05) is 32.7 Å². The number of methoxy groups -OCH3 is 2. The molecule has 2 N–H and O–H groups in total. The molecule has 17 heavy (non-hydrogen) atoms. The maximum Gasteiger partial charge on any atom is 0.221 e. The lowest BCUT2D eigenvalue weighted by Crippen LogP contribution is -2.19. The van der Waals surface area contributed by atoms with Crippen molar-refractivity contribution in [3.05, 3.63) is 11.9 Å². The van der Waals surface area contributed by atoms with Crippen LogP contribution in [-0.2, 0) is 4.74 Å². The summed E-state index contributed by atoms with van der Waals surface area (Å²) in [6.45, 7) is 2.84. The lowest BCUT2D eigenvalue weighted by molar-refractivity contribution is 0.0615. The number of aliphatic hydroxyl groups is 1. The van der Waals surface area contributed by atoms with Gasteiger partial charge in [0.1, 0.15) is 12.1 Å². The molecular formula is C11H19N3O3. The molecule has 6 heteroatoms. The first-order chi connectivity index (χ1) is 8.19. The topological polar surface area (TPSA) is 76.5 Å². The predicted molar refractivity (Wildman–Crippen MR) is 64.3 cm³/mol. The highest BCUT2D eigenvalue weighted by Crippen LogP contribution is 2.19. The van der Waals surface area contributed by atoms with Gasteiger partial charge in [0.2, 0.25) is 5.88 Å². The lowest BCUT2D eigenvalue weighted by atomic mass is 10.2. The van der Waals surface area contributed by atoms with Crippen molar-refractivity contribution in [2.24, 2.45) is 0 Å². The highest BCUT2D eigenvalue weighted by molar-refractivity contribution is 5.47. The molecule has 1 heterocycles. The van der Waals surface area contributed by atoms with E-state index in [0.29, 0.717) is 25.5 Å². The third-order valence-electron chi connectivity index (χ3n) is 2.36. The highest BCUT2D eigenvalue weighted by Gasteiger charge is 2.07. The summed E-state index contributed by atoms with van der Waals surface area (Å²) in [6, 6.07) is 0. The zero-order valence-electron chi connectivity index (χ0n) is 10.4. The van der Waals surface area contributed by atoms with E-state index in [1.165, 1.54) is 6.33 Å². The van der Waals surface area contributed by atoms with Gasteiger partial charge in [-0.25, -0.2) is 9.97 Å². The van der Waals surface area contributed by atoms with Crippen LogP contribution in [0.25, 0.3) is 0 Å². The number of rotatable bonds is 7. The second-order valence-electron chi connectivity index (χ2n) is 3.68. The minimum atomic E-state index is -0.462. The first-order valence-corrected chi connectivity index (χ1v) is 5.45. The van der Waals surface area contributed by atoms with Crippen LogP contribution in [0.2, 0.25) is 0 Å². The number of nitrogens with zero attached hydrogens (tertiary/aromatic N) is 2. The van der Waals surface area contributed by atoms with Gasteiger partial charge >= 0.3 is 0 Å². The molecule has 1 aromatic rings. The molecule has 0 bridgehead atoms. The molecule has 1 aromatic heterocycles. The van der Waals surface area contributed by atoms with Crippen LogP contribution in [0.4, 0.5) is 5.82 Å². The predicted octanol–water partition coefficient (Wildman–Crippen LogP) is 0.603. The summed E-state index contributed by atoms with van der Waals surface area (Å²) in [7, 11) is 3.14. The number of ether oxygens (including phenoxy) is 2. The monoisotopic (exact) mass is 241 g/mol. The second kappa shape index (κ2) is 7.03. The van der Waals surface area contributed by atoms with E-state index in [-0.39, 0.29) is 0 Å².